The topological polar surface area (TPSA) is 92.4 Å². The number of nitrogens with one attached hydrogen (secondary N) is 1. The highest BCUT2D eigenvalue weighted by Crippen LogP contribution is 2.23. The normalized spacial score (nSPS) is 12.2. The summed E-state index contributed by atoms with van der Waals surface area (Å²) in [5.74, 6) is -1.13. The van der Waals surface area contributed by atoms with Crippen molar-refractivity contribution < 1.29 is 23.5 Å². The minimum absolute atomic E-state index is 0.0408. The molecule has 1 aromatic heterocycles. The first kappa shape index (κ1) is 18.6. The van der Waals surface area contributed by atoms with Gasteiger partial charge in [0.2, 0.25) is 5.91 Å². The van der Waals surface area contributed by atoms with Gasteiger partial charge in [0.15, 0.2) is 11.7 Å². The van der Waals surface area contributed by atoms with Gasteiger partial charge in [0, 0.05) is 12.8 Å². The number of carboxylic acids is 1. The minimum Gasteiger partial charge on any atom is -0.480 e. The minimum atomic E-state index is -1.06. The molecule has 0 saturated heterocycles. The van der Waals surface area contributed by atoms with Crippen LogP contribution >= 0.6 is 0 Å². The quantitative estimate of drug-likeness (QED) is 0.765. The summed E-state index contributed by atoms with van der Waals surface area (Å²) in [6.07, 6.45) is 2.01. The standard InChI is InChI=1S/C18H21FN2O4/c1-11(2)9-14(18(23)24)21-16(22)7-8-17-20-10-15(25-17)12-5-3-4-6-13(12)19/h3-6,10-11,14H,7-9H2,1-2H3,(H,21,22)(H,23,24). The van der Waals surface area contributed by atoms with Gasteiger partial charge in [0.05, 0.1) is 11.8 Å². The second kappa shape index (κ2) is 8.41. The summed E-state index contributed by atoms with van der Waals surface area (Å²) >= 11 is 0. The van der Waals surface area contributed by atoms with Crippen LogP contribution in [0.5, 0.6) is 0 Å². The molecule has 1 amide bonds. The summed E-state index contributed by atoms with van der Waals surface area (Å²) in [5, 5.41) is 11.6. The molecule has 0 spiro atoms. The smallest absolute Gasteiger partial charge is 0.326 e. The van der Waals surface area contributed by atoms with Crippen molar-refractivity contribution in [2.24, 2.45) is 5.92 Å². The van der Waals surface area contributed by atoms with Crippen molar-refractivity contribution in [1.82, 2.24) is 10.3 Å². The van der Waals surface area contributed by atoms with Gasteiger partial charge >= 0.3 is 5.97 Å². The van der Waals surface area contributed by atoms with E-state index in [1.54, 1.807) is 18.2 Å². The summed E-state index contributed by atoms with van der Waals surface area (Å²) in [6, 6.07) is 5.26. The van der Waals surface area contributed by atoms with Gasteiger partial charge in [-0.05, 0) is 24.5 Å². The Morgan fingerprint density at radius 3 is 2.68 bits per heavy atom. The Morgan fingerprint density at radius 1 is 1.32 bits per heavy atom. The Bertz CT molecular complexity index is 742. The van der Waals surface area contributed by atoms with E-state index in [2.05, 4.69) is 10.3 Å². The van der Waals surface area contributed by atoms with Crippen LogP contribution in [0.25, 0.3) is 11.3 Å². The highest BCUT2D eigenvalue weighted by molar-refractivity contribution is 5.83. The lowest BCUT2D eigenvalue weighted by Gasteiger charge is -2.16. The zero-order valence-electron chi connectivity index (χ0n) is 14.2. The number of rotatable bonds is 8. The van der Waals surface area contributed by atoms with Crippen molar-refractivity contribution in [1.29, 1.82) is 0 Å². The number of carbonyl (C=O) groups is 2. The van der Waals surface area contributed by atoms with E-state index in [0.717, 1.165) is 0 Å². The first-order valence-electron chi connectivity index (χ1n) is 8.08. The van der Waals surface area contributed by atoms with Crippen molar-refractivity contribution in [3.63, 3.8) is 0 Å². The maximum Gasteiger partial charge on any atom is 0.326 e. The van der Waals surface area contributed by atoms with Crippen LogP contribution in [0.3, 0.4) is 0 Å². The fourth-order valence-corrected chi connectivity index (χ4v) is 2.39. The first-order chi connectivity index (χ1) is 11.9. The Morgan fingerprint density at radius 2 is 2.04 bits per heavy atom. The molecule has 134 valence electrons. The number of hydrogen-bond donors (Lipinski definition) is 2. The number of aryl methyl sites for hydroxylation is 1. The lowest BCUT2D eigenvalue weighted by molar-refractivity contribution is -0.142. The zero-order chi connectivity index (χ0) is 18.4. The van der Waals surface area contributed by atoms with Crippen molar-refractivity contribution in [3.05, 3.63) is 42.2 Å². The highest BCUT2D eigenvalue weighted by atomic mass is 19.1. The van der Waals surface area contributed by atoms with Crippen molar-refractivity contribution in [2.75, 3.05) is 0 Å². The molecule has 1 unspecified atom stereocenters. The van der Waals surface area contributed by atoms with Crippen LogP contribution in [0.4, 0.5) is 4.39 Å². The van der Waals surface area contributed by atoms with Crippen LogP contribution in [0, 0.1) is 11.7 Å². The predicted molar refractivity (Wildman–Crippen MR) is 89.2 cm³/mol. The molecule has 0 radical (unpaired) electrons. The van der Waals surface area contributed by atoms with Crippen molar-refractivity contribution in [3.8, 4) is 11.3 Å². The summed E-state index contributed by atoms with van der Waals surface area (Å²) in [7, 11) is 0. The van der Waals surface area contributed by atoms with E-state index in [9.17, 15) is 14.0 Å². The molecule has 2 N–H and O–H groups in total. The molecular weight excluding hydrogens is 327 g/mol. The van der Waals surface area contributed by atoms with E-state index in [4.69, 9.17) is 9.52 Å². The molecule has 0 fully saturated rings. The Kier molecular flexibility index (Phi) is 6.27. The average Bonchev–Trinajstić information content (AvgIpc) is 3.01. The number of benzene rings is 1. The zero-order valence-corrected chi connectivity index (χ0v) is 14.2. The molecule has 0 aliphatic rings. The van der Waals surface area contributed by atoms with E-state index >= 15 is 0 Å². The van der Waals surface area contributed by atoms with Crippen molar-refractivity contribution >= 4 is 11.9 Å². The largest absolute Gasteiger partial charge is 0.480 e. The highest BCUT2D eigenvalue weighted by Gasteiger charge is 2.21. The summed E-state index contributed by atoms with van der Waals surface area (Å²) < 4.78 is 19.2. The molecule has 2 rings (SSSR count). The van der Waals surface area contributed by atoms with E-state index < -0.39 is 23.7 Å². The van der Waals surface area contributed by atoms with Gasteiger partial charge in [-0.25, -0.2) is 14.2 Å². The SMILES string of the molecule is CC(C)CC(NC(=O)CCc1ncc(-c2ccccc2F)o1)C(=O)O. The van der Waals surface area contributed by atoms with Crippen LogP contribution < -0.4 is 5.32 Å². The molecule has 1 heterocycles. The fourth-order valence-electron chi connectivity index (χ4n) is 2.39. The maximum atomic E-state index is 13.7. The monoisotopic (exact) mass is 348 g/mol. The van der Waals surface area contributed by atoms with Crippen LogP contribution in [-0.4, -0.2) is 28.0 Å². The first-order valence-corrected chi connectivity index (χ1v) is 8.08. The molecule has 0 aliphatic carbocycles. The number of aromatic nitrogens is 1. The molecule has 0 bridgehead atoms. The van der Waals surface area contributed by atoms with E-state index in [0.29, 0.717) is 17.9 Å². The van der Waals surface area contributed by atoms with Gasteiger partial charge < -0.3 is 14.8 Å². The number of oxazole rings is 1. The lowest BCUT2D eigenvalue weighted by Crippen LogP contribution is -2.41. The van der Waals surface area contributed by atoms with E-state index in [1.807, 2.05) is 13.8 Å². The van der Waals surface area contributed by atoms with Gasteiger partial charge in [-0.2, -0.15) is 0 Å². The molecule has 0 saturated carbocycles. The Labute approximate surface area is 145 Å². The Hall–Kier alpha value is -2.70. The van der Waals surface area contributed by atoms with Gasteiger partial charge in [-0.1, -0.05) is 26.0 Å². The molecule has 7 heteroatoms. The molecule has 6 nitrogen and oxygen atoms in total. The Balaban J connectivity index is 1.92. The van der Waals surface area contributed by atoms with Crippen LogP contribution in [0.1, 0.15) is 32.6 Å². The fraction of sp³-hybridized carbons (Fsp3) is 0.389. The van der Waals surface area contributed by atoms with E-state index in [1.165, 1.54) is 12.3 Å². The molecule has 25 heavy (non-hydrogen) atoms. The molecular formula is C18H21FN2O4. The van der Waals surface area contributed by atoms with Crippen LogP contribution in [0.2, 0.25) is 0 Å². The summed E-state index contributed by atoms with van der Waals surface area (Å²) in [5.41, 5.74) is 0.300. The number of hydrogen-bond acceptors (Lipinski definition) is 4. The van der Waals surface area contributed by atoms with E-state index in [-0.39, 0.29) is 24.5 Å². The van der Waals surface area contributed by atoms with Gasteiger partial charge in [-0.3, -0.25) is 4.79 Å². The predicted octanol–water partition coefficient (Wildman–Crippen LogP) is 3.03. The third-order valence-corrected chi connectivity index (χ3v) is 3.60. The average molecular weight is 348 g/mol. The summed E-state index contributed by atoms with van der Waals surface area (Å²) in [6.45, 7) is 3.78. The number of nitrogens with zero attached hydrogens (tertiary/aromatic N) is 1. The number of aliphatic carboxylic acids is 1. The second-order valence-electron chi connectivity index (χ2n) is 6.19. The van der Waals surface area contributed by atoms with Crippen LogP contribution in [-0.2, 0) is 16.0 Å². The van der Waals surface area contributed by atoms with Crippen LogP contribution in [0.15, 0.2) is 34.9 Å². The summed E-state index contributed by atoms with van der Waals surface area (Å²) in [4.78, 5) is 27.1. The maximum absolute atomic E-state index is 13.7. The van der Waals surface area contributed by atoms with Gasteiger partial charge in [0.1, 0.15) is 11.9 Å². The molecule has 2 aromatic rings. The third-order valence-electron chi connectivity index (χ3n) is 3.60. The number of halogens is 1. The molecule has 1 aromatic carbocycles. The molecule has 0 aliphatic heterocycles. The molecule has 1 atom stereocenters. The van der Waals surface area contributed by atoms with Gasteiger partial charge in [-0.15, -0.1) is 0 Å². The number of amides is 1. The van der Waals surface area contributed by atoms with Gasteiger partial charge in [0.25, 0.3) is 0 Å². The number of carboxylic acid groups (broad SMARTS) is 1. The number of carbonyl (C=O) groups excluding carboxylic acids is 1. The third kappa shape index (κ3) is 5.41. The van der Waals surface area contributed by atoms with Crippen molar-refractivity contribution in [2.45, 2.75) is 39.2 Å². The lowest BCUT2D eigenvalue weighted by atomic mass is 10.0. The second-order valence-corrected chi connectivity index (χ2v) is 6.19.